The third-order valence-corrected chi connectivity index (χ3v) is 2.66. The molecule has 1 N–H and O–H groups in total. The topological polar surface area (TPSA) is 58.6 Å². The van der Waals surface area contributed by atoms with Crippen LogP contribution in [0, 0.1) is 0 Å². The van der Waals surface area contributed by atoms with Gasteiger partial charge in [0.15, 0.2) is 6.61 Å². The highest BCUT2D eigenvalue weighted by atomic mass is 16.6. The molecule has 2 heterocycles. The van der Waals surface area contributed by atoms with Crippen molar-refractivity contribution in [2.75, 3.05) is 19.7 Å². The summed E-state index contributed by atoms with van der Waals surface area (Å²) in [6.45, 7) is 1.34. The maximum atomic E-state index is 11.2. The van der Waals surface area contributed by atoms with Crippen LogP contribution in [0.3, 0.4) is 0 Å². The first-order valence-electron chi connectivity index (χ1n) is 4.98. The molecular formula is C9H14N2O3. The average Bonchev–Trinajstić information content (AvgIpc) is 2.51. The second kappa shape index (κ2) is 3.96. The van der Waals surface area contributed by atoms with Gasteiger partial charge in [0.2, 0.25) is 0 Å². The predicted octanol–water partition coefficient (Wildman–Crippen LogP) is 0.107. The lowest BCUT2D eigenvalue weighted by Gasteiger charge is -2.25. The van der Waals surface area contributed by atoms with Crippen molar-refractivity contribution in [2.45, 2.75) is 25.3 Å². The molecule has 0 saturated carbocycles. The van der Waals surface area contributed by atoms with Crippen LogP contribution < -0.4 is 5.32 Å². The molecule has 78 valence electrons. The van der Waals surface area contributed by atoms with Gasteiger partial charge in [-0.1, -0.05) is 6.42 Å². The first-order valence-corrected chi connectivity index (χ1v) is 4.98. The van der Waals surface area contributed by atoms with Gasteiger partial charge in [0.05, 0.1) is 0 Å². The normalized spacial score (nSPS) is 28.0. The number of hydrogen-bond donors (Lipinski definition) is 1. The molecule has 1 atom stereocenters. The Balaban J connectivity index is 1.89. The summed E-state index contributed by atoms with van der Waals surface area (Å²) in [6, 6.07) is 0.248. The van der Waals surface area contributed by atoms with Gasteiger partial charge in [-0.15, -0.1) is 0 Å². The number of rotatable bonds is 2. The van der Waals surface area contributed by atoms with Gasteiger partial charge in [0, 0.05) is 12.6 Å². The Morgan fingerprint density at radius 1 is 1.43 bits per heavy atom. The Bertz CT molecular complexity index is 232. The largest absolute Gasteiger partial charge is 0.439 e. The summed E-state index contributed by atoms with van der Waals surface area (Å²) in [6.07, 6.45) is 2.86. The molecule has 2 saturated heterocycles. The van der Waals surface area contributed by atoms with E-state index in [1.807, 2.05) is 0 Å². The van der Waals surface area contributed by atoms with E-state index in [1.165, 1.54) is 11.3 Å². The number of carbonyl (C=O) groups is 2. The summed E-state index contributed by atoms with van der Waals surface area (Å²) in [5.74, 6) is -0.220. The number of nitrogens with zero attached hydrogens (tertiary/aromatic N) is 1. The number of ether oxygens (including phenoxy) is 1. The van der Waals surface area contributed by atoms with E-state index in [1.54, 1.807) is 0 Å². The van der Waals surface area contributed by atoms with Crippen LogP contribution in [0.2, 0.25) is 0 Å². The Hall–Kier alpha value is -1.10. The molecule has 2 aliphatic heterocycles. The molecule has 0 aromatic carbocycles. The van der Waals surface area contributed by atoms with E-state index >= 15 is 0 Å². The maximum Gasteiger partial charge on any atom is 0.417 e. The van der Waals surface area contributed by atoms with Gasteiger partial charge in [0.1, 0.15) is 0 Å². The fraction of sp³-hybridized carbons (Fsp3) is 0.778. The smallest absolute Gasteiger partial charge is 0.417 e. The van der Waals surface area contributed by atoms with Gasteiger partial charge in [-0.05, 0) is 19.4 Å². The number of imide groups is 1. The molecule has 0 unspecified atom stereocenters. The minimum absolute atomic E-state index is 0.0917. The molecule has 0 aromatic rings. The number of hydrogen-bond acceptors (Lipinski definition) is 4. The molecule has 2 aliphatic rings. The van der Waals surface area contributed by atoms with E-state index in [9.17, 15) is 9.59 Å². The lowest BCUT2D eigenvalue weighted by molar-refractivity contribution is -0.126. The van der Waals surface area contributed by atoms with Crippen LogP contribution in [0.5, 0.6) is 0 Å². The molecular weight excluding hydrogens is 184 g/mol. The third-order valence-electron chi connectivity index (χ3n) is 2.66. The zero-order valence-electron chi connectivity index (χ0n) is 7.99. The maximum absolute atomic E-state index is 11.2. The summed E-state index contributed by atoms with van der Waals surface area (Å²) in [7, 11) is 0. The van der Waals surface area contributed by atoms with E-state index in [-0.39, 0.29) is 18.6 Å². The fourth-order valence-corrected chi connectivity index (χ4v) is 1.86. The second-order valence-corrected chi connectivity index (χ2v) is 3.71. The van der Waals surface area contributed by atoms with Gasteiger partial charge in [0.25, 0.3) is 5.91 Å². The van der Waals surface area contributed by atoms with Crippen molar-refractivity contribution >= 4 is 12.0 Å². The zero-order valence-corrected chi connectivity index (χ0v) is 7.99. The molecule has 5 nitrogen and oxygen atoms in total. The highest BCUT2D eigenvalue weighted by Crippen LogP contribution is 2.12. The SMILES string of the molecule is O=C1COC(=O)N1C[C@H]1CCCCN1. The van der Waals surface area contributed by atoms with E-state index in [0.717, 1.165) is 19.4 Å². The van der Waals surface area contributed by atoms with Crippen molar-refractivity contribution in [3.63, 3.8) is 0 Å². The monoisotopic (exact) mass is 198 g/mol. The Morgan fingerprint density at radius 2 is 2.29 bits per heavy atom. The van der Waals surface area contributed by atoms with Gasteiger partial charge in [-0.2, -0.15) is 0 Å². The van der Waals surface area contributed by atoms with Crippen molar-refractivity contribution in [2.24, 2.45) is 0 Å². The Kier molecular flexibility index (Phi) is 2.67. The van der Waals surface area contributed by atoms with Crippen molar-refractivity contribution in [1.29, 1.82) is 0 Å². The lowest BCUT2D eigenvalue weighted by Crippen LogP contribution is -2.45. The molecule has 0 aliphatic carbocycles. The summed E-state index contributed by atoms with van der Waals surface area (Å²) in [5, 5.41) is 3.29. The minimum Gasteiger partial charge on any atom is -0.439 e. The average molecular weight is 198 g/mol. The van der Waals surface area contributed by atoms with Crippen molar-refractivity contribution in [3.8, 4) is 0 Å². The molecule has 0 aromatic heterocycles. The van der Waals surface area contributed by atoms with Gasteiger partial charge in [-0.25, -0.2) is 9.69 Å². The van der Waals surface area contributed by atoms with Gasteiger partial charge in [-0.3, -0.25) is 4.79 Å². The van der Waals surface area contributed by atoms with Crippen LogP contribution in [-0.4, -0.2) is 42.6 Å². The standard InChI is InChI=1S/C9H14N2O3/c12-8-6-14-9(13)11(8)5-7-3-1-2-4-10-7/h7,10H,1-6H2/t7-/m1/s1. The van der Waals surface area contributed by atoms with Crippen LogP contribution in [0.25, 0.3) is 0 Å². The number of nitrogens with one attached hydrogen (secondary N) is 1. The second-order valence-electron chi connectivity index (χ2n) is 3.71. The number of carbonyl (C=O) groups excluding carboxylic acids is 2. The first kappa shape index (κ1) is 9.45. The van der Waals surface area contributed by atoms with Gasteiger partial charge < -0.3 is 10.1 Å². The molecule has 0 radical (unpaired) electrons. The molecule has 0 spiro atoms. The molecule has 14 heavy (non-hydrogen) atoms. The number of cyclic esters (lactones) is 1. The van der Waals surface area contributed by atoms with Crippen molar-refractivity contribution in [1.82, 2.24) is 10.2 Å². The lowest BCUT2D eigenvalue weighted by atomic mass is 10.0. The van der Waals surface area contributed by atoms with E-state index in [2.05, 4.69) is 10.1 Å². The van der Waals surface area contributed by atoms with Crippen LogP contribution in [0.1, 0.15) is 19.3 Å². The quantitative estimate of drug-likeness (QED) is 0.684. The molecule has 2 amide bonds. The molecule has 5 heteroatoms. The Labute approximate surface area is 82.4 Å². The summed E-state index contributed by atoms with van der Waals surface area (Å²) >= 11 is 0. The predicted molar refractivity (Wildman–Crippen MR) is 48.7 cm³/mol. The summed E-state index contributed by atoms with van der Waals surface area (Å²) < 4.78 is 4.63. The van der Waals surface area contributed by atoms with Crippen LogP contribution in [0.4, 0.5) is 4.79 Å². The fourth-order valence-electron chi connectivity index (χ4n) is 1.86. The van der Waals surface area contributed by atoms with Gasteiger partial charge >= 0.3 is 6.09 Å². The first-order chi connectivity index (χ1) is 6.77. The van der Waals surface area contributed by atoms with E-state index in [4.69, 9.17) is 0 Å². The van der Waals surface area contributed by atoms with Crippen LogP contribution in [-0.2, 0) is 9.53 Å². The van der Waals surface area contributed by atoms with Crippen LogP contribution >= 0.6 is 0 Å². The zero-order chi connectivity index (χ0) is 9.97. The van der Waals surface area contributed by atoms with E-state index in [0.29, 0.717) is 6.54 Å². The summed E-state index contributed by atoms with van der Waals surface area (Å²) in [4.78, 5) is 23.5. The third kappa shape index (κ3) is 1.87. The van der Waals surface area contributed by atoms with Crippen molar-refractivity contribution < 1.29 is 14.3 Å². The number of amides is 2. The minimum atomic E-state index is -0.498. The molecule has 2 fully saturated rings. The highest BCUT2D eigenvalue weighted by molar-refractivity contribution is 5.97. The number of piperidine rings is 1. The highest BCUT2D eigenvalue weighted by Gasteiger charge is 2.32. The van der Waals surface area contributed by atoms with Crippen molar-refractivity contribution in [3.05, 3.63) is 0 Å². The summed E-state index contributed by atoms with van der Waals surface area (Å²) in [5.41, 5.74) is 0. The molecule has 2 rings (SSSR count). The van der Waals surface area contributed by atoms with Crippen LogP contribution in [0.15, 0.2) is 0 Å². The Morgan fingerprint density at radius 3 is 2.86 bits per heavy atom. The molecule has 0 bridgehead atoms. The van der Waals surface area contributed by atoms with E-state index < -0.39 is 6.09 Å².